The number of nitro groups is 1. The molecule has 1 N–H and O–H groups in total. The molecule has 1 rings (SSSR count). The van der Waals surface area contributed by atoms with E-state index in [1.807, 2.05) is 6.92 Å². The van der Waals surface area contributed by atoms with E-state index in [0.29, 0.717) is 5.75 Å². The van der Waals surface area contributed by atoms with Crippen LogP contribution in [0, 0.1) is 10.1 Å². The number of hydrogen-bond acceptors (Lipinski definition) is 6. The molecule has 0 saturated heterocycles. The average molecular weight is 326 g/mol. The second kappa shape index (κ2) is 9.04. The Hall–Kier alpha value is -2.09. The second-order valence-electron chi connectivity index (χ2n) is 4.38. The lowest BCUT2D eigenvalue weighted by atomic mass is 10.2. The third kappa shape index (κ3) is 6.13. The van der Waals surface area contributed by atoms with E-state index < -0.39 is 22.9 Å². The molecule has 0 spiro atoms. The quantitative estimate of drug-likeness (QED) is 0.341. The van der Waals surface area contributed by atoms with E-state index >= 15 is 0 Å². The topological polar surface area (TPSA) is 98.5 Å². The summed E-state index contributed by atoms with van der Waals surface area (Å²) in [5, 5.41) is 13.1. The number of rotatable bonds is 8. The number of non-ortho nitro benzene ring substituents is 1. The minimum atomic E-state index is -0.960. The lowest BCUT2D eigenvalue weighted by molar-refractivity contribution is -0.384. The van der Waals surface area contributed by atoms with Gasteiger partial charge in [0.05, 0.1) is 11.3 Å². The summed E-state index contributed by atoms with van der Waals surface area (Å²) >= 11 is 1.61. The standard InChI is InChI=1S/C14H18N2O5S/c1-3-22-8-7-13(17)21-10(2)14(18)15-11-5-4-6-12(9-11)16(19)20/h4-6,9-10H,3,7-8H2,1-2H3,(H,15,18)/t10-/m0/s1. The van der Waals surface area contributed by atoms with E-state index in [1.165, 1.54) is 31.2 Å². The number of thioether (sulfide) groups is 1. The number of nitrogens with one attached hydrogen (secondary N) is 1. The zero-order valence-electron chi connectivity index (χ0n) is 12.4. The monoisotopic (exact) mass is 326 g/mol. The van der Waals surface area contributed by atoms with Gasteiger partial charge in [0.25, 0.3) is 11.6 Å². The Bertz CT molecular complexity index is 550. The second-order valence-corrected chi connectivity index (χ2v) is 5.77. The molecule has 8 heteroatoms. The lowest BCUT2D eigenvalue weighted by Gasteiger charge is -2.13. The third-order valence-corrected chi connectivity index (χ3v) is 3.56. The average Bonchev–Trinajstić information content (AvgIpc) is 2.47. The molecule has 1 aromatic rings. The van der Waals surface area contributed by atoms with Crippen LogP contribution in [-0.4, -0.2) is 34.4 Å². The molecule has 0 aliphatic rings. The Kier molecular flexibility index (Phi) is 7.38. The van der Waals surface area contributed by atoms with Crippen molar-refractivity contribution >= 4 is 35.0 Å². The number of nitro benzene ring substituents is 1. The Morgan fingerprint density at radius 2 is 2.18 bits per heavy atom. The normalized spacial score (nSPS) is 11.5. The summed E-state index contributed by atoms with van der Waals surface area (Å²) in [6.45, 7) is 3.45. The molecule has 0 aliphatic carbocycles. The van der Waals surface area contributed by atoms with Gasteiger partial charge in [-0.3, -0.25) is 19.7 Å². The van der Waals surface area contributed by atoms with Gasteiger partial charge in [-0.25, -0.2) is 0 Å². The Morgan fingerprint density at radius 3 is 2.82 bits per heavy atom. The number of nitrogens with zero attached hydrogens (tertiary/aromatic N) is 1. The van der Waals surface area contributed by atoms with Crippen LogP contribution in [0.25, 0.3) is 0 Å². The Labute approximate surface area is 132 Å². The van der Waals surface area contributed by atoms with Crippen molar-refractivity contribution in [2.45, 2.75) is 26.4 Å². The maximum Gasteiger partial charge on any atom is 0.307 e. The van der Waals surface area contributed by atoms with Crippen molar-refractivity contribution in [2.24, 2.45) is 0 Å². The van der Waals surface area contributed by atoms with E-state index in [0.717, 1.165) is 5.75 Å². The SMILES string of the molecule is CCSCCC(=O)O[C@@H](C)C(=O)Nc1cccc([N+](=O)[O-])c1. The number of esters is 1. The molecule has 0 radical (unpaired) electrons. The summed E-state index contributed by atoms with van der Waals surface area (Å²) in [7, 11) is 0. The zero-order chi connectivity index (χ0) is 16.5. The first kappa shape index (κ1) is 18.0. The van der Waals surface area contributed by atoms with Crippen LogP contribution in [0.4, 0.5) is 11.4 Å². The van der Waals surface area contributed by atoms with E-state index in [1.54, 1.807) is 11.8 Å². The number of carbonyl (C=O) groups excluding carboxylic acids is 2. The van der Waals surface area contributed by atoms with Gasteiger partial charge in [0.15, 0.2) is 6.10 Å². The smallest absolute Gasteiger partial charge is 0.307 e. The minimum absolute atomic E-state index is 0.126. The molecule has 0 fully saturated rings. The predicted octanol–water partition coefficient (Wildman–Crippen LogP) is 2.61. The van der Waals surface area contributed by atoms with Gasteiger partial charge in [-0.15, -0.1) is 0 Å². The number of ether oxygens (including phenoxy) is 1. The van der Waals surface area contributed by atoms with Crippen molar-refractivity contribution in [2.75, 3.05) is 16.8 Å². The molecular formula is C14H18N2O5S. The van der Waals surface area contributed by atoms with Crippen LogP contribution < -0.4 is 5.32 Å². The van der Waals surface area contributed by atoms with E-state index in [4.69, 9.17) is 4.74 Å². The summed E-state index contributed by atoms with van der Waals surface area (Å²) in [5.74, 6) is 0.588. The molecule has 1 atom stereocenters. The first-order chi connectivity index (χ1) is 10.4. The highest BCUT2D eigenvalue weighted by atomic mass is 32.2. The molecule has 0 bridgehead atoms. The van der Waals surface area contributed by atoms with Crippen molar-refractivity contribution in [3.05, 3.63) is 34.4 Å². The summed E-state index contributed by atoms with van der Waals surface area (Å²) in [5.41, 5.74) is 0.155. The first-order valence-electron chi connectivity index (χ1n) is 6.76. The van der Waals surface area contributed by atoms with Crippen LogP contribution in [0.5, 0.6) is 0 Å². The van der Waals surface area contributed by atoms with Crippen LogP contribution in [0.1, 0.15) is 20.3 Å². The van der Waals surface area contributed by atoms with Crippen molar-refractivity contribution in [1.29, 1.82) is 0 Å². The van der Waals surface area contributed by atoms with Gasteiger partial charge < -0.3 is 10.1 Å². The Morgan fingerprint density at radius 1 is 1.45 bits per heavy atom. The third-order valence-electron chi connectivity index (χ3n) is 2.66. The Balaban J connectivity index is 2.52. The van der Waals surface area contributed by atoms with Gasteiger partial charge >= 0.3 is 5.97 Å². The van der Waals surface area contributed by atoms with Crippen molar-refractivity contribution in [3.8, 4) is 0 Å². The zero-order valence-corrected chi connectivity index (χ0v) is 13.2. The van der Waals surface area contributed by atoms with Gasteiger partial charge in [-0.2, -0.15) is 11.8 Å². The first-order valence-corrected chi connectivity index (χ1v) is 7.92. The maximum atomic E-state index is 11.9. The highest BCUT2D eigenvalue weighted by Crippen LogP contribution is 2.17. The highest BCUT2D eigenvalue weighted by molar-refractivity contribution is 7.99. The maximum absolute atomic E-state index is 11.9. The van der Waals surface area contributed by atoms with Crippen molar-refractivity contribution < 1.29 is 19.2 Å². The lowest BCUT2D eigenvalue weighted by Crippen LogP contribution is -2.30. The number of hydrogen-bond donors (Lipinski definition) is 1. The fourth-order valence-electron chi connectivity index (χ4n) is 1.55. The van der Waals surface area contributed by atoms with Gasteiger partial charge in [0.1, 0.15) is 0 Å². The molecule has 0 saturated carbocycles. The largest absolute Gasteiger partial charge is 0.453 e. The summed E-state index contributed by atoms with van der Waals surface area (Å²) < 4.78 is 5.01. The van der Waals surface area contributed by atoms with Crippen LogP contribution in [0.3, 0.4) is 0 Å². The molecular weight excluding hydrogens is 308 g/mol. The predicted molar refractivity (Wildman–Crippen MR) is 84.9 cm³/mol. The van der Waals surface area contributed by atoms with Crippen LogP contribution >= 0.6 is 11.8 Å². The fourth-order valence-corrected chi connectivity index (χ4v) is 2.15. The number of anilines is 1. The van der Waals surface area contributed by atoms with Gasteiger partial charge in [-0.05, 0) is 18.7 Å². The van der Waals surface area contributed by atoms with Crippen molar-refractivity contribution in [1.82, 2.24) is 0 Å². The summed E-state index contributed by atoms with van der Waals surface area (Å²) in [6, 6.07) is 5.55. The molecule has 22 heavy (non-hydrogen) atoms. The van der Waals surface area contributed by atoms with Crippen LogP contribution in [0.15, 0.2) is 24.3 Å². The van der Waals surface area contributed by atoms with Crippen LogP contribution in [-0.2, 0) is 14.3 Å². The molecule has 0 aromatic heterocycles. The molecule has 0 unspecified atom stereocenters. The van der Waals surface area contributed by atoms with Gasteiger partial charge in [0, 0.05) is 23.6 Å². The molecule has 0 heterocycles. The summed E-state index contributed by atoms with van der Waals surface area (Å²) in [6.07, 6.45) is -0.717. The summed E-state index contributed by atoms with van der Waals surface area (Å²) in [4.78, 5) is 33.5. The molecule has 7 nitrogen and oxygen atoms in total. The van der Waals surface area contributed by atoms with E-state index in [9.17, 15) is 19.7 Å². The molecule has 1 aromatic carbocycles. The molecule has 1 amide bonds. The number of carbonyl (C=O) groups is 2. The van der Waals surface area contributed by atoms with E-state index in [2.05, 4.69) is 5.32 Å². The number of benzene rings is 1. The van der Waals surface area contributed by atoms with Gasteiger partial charge in [0.2, 0.25) is 0 Å². The number of amides is 1. The molecule has 120 valence electrons. The van der Waals surface area contributed by atoms with Crippen molar-refractivity contribution in [3.63, 3.8) is 0 Å². The van der Waals surface area contributed by atoms with Gasteiger partial charge in [-0.1, -0.05) is 13.0 Å². The highest BCUT2D eigenvalue weighted by Gasteiger charge is 2.18. The van der Waals surface area contributed by atoms with Crippen LogP contribution in [0.2, 0.25) is 0 Å². The molecule has 0 aliphatic heterocycles. The minimum Gasteiger partial charge on any atom is -0.453 e. The fraction of sp³-hybridized carbons (Fsp3) is 0.429. The van der Waals surface area contributed by atoms with E-state index in [-0.39, 0.29) is 17.8 Å².